The molecule has 1 unspecified atom stereocenters. The van der Waals surface area contributed by atoms with Crippen LogP contribution in [0.2, 0.25) is 0 Å². The van der Waals surface area contributed by atoms with E-state index in [9.17, 15) is 4.79 Å². The lowest BCUT2D eigenvalue weighted by molar-refractivity contribution is -0.128. The summed E-state index contributed by atoms with van der Waals surface area (Å²) in [7, 11) is 0. The van der Waals surface area contributed by atoms with Crippen LogP contribution in [0.5, 0.6) is 0 Å². The number of halogens is 1. The molecule has 16 heavy (non-hydrogen) atoms. The Bertz CT molecular complexity index is 310. The molecule has 1 saturated heterocycles. The molecule has 4 heteroatoms. The van der Waals surface area contributed by atoms with Gasteiger partial charge in [0.2, 0.25) is 0 Å². The highest BCUT2D eigenvalue weighted by Gasteiger charge is 2.30. The van der Waals surface area contributed by atoms with E-state index in [1.165, 1.54) is 6.42 Å². The molecule has 0 aromatic carbocycles. The van der Waals surface area contributed by atoms with Crippen LogP contribution >= 0.6 is 23.4 Å². The molecular weight excluding hydrogens is 242 g/mol. The highest BCUT2D eigenvalue weighted by atomic mass is 35.5. The molecule has 0 aromatic rings. The summed E-state index contributed by atoms with van der Waals surface area (Å²) in [5.74, 6) is 0.188. The molecule has 2 aliphatic rings. The van der Waals surface area contributed by atoms with Crippen molar-refractivity contribution in [1.82, 2.24) is 4.90 Å². The number of hydrogen-bond donors (Lipinski definition) is 0. The zero-order valence-electron chi connectivity index (χ0n) is 9.67. The molecule has 0 spiro atoms. The van der Waals surface area contributed by atoms with Gasteiger partial charge in [-0.3, -0.25) is 4.79 Å². The predicted molar refractivity (Wildman–Crippen MR) is 69.6 cm³/mol. The summed E-state index contributed by atoms with van der Waals surface area (Å²) in [6.07, 6.45) is 5.47. The molecule has 0 aliphatic carbocycles. The van der Waals surface area contributed by atoms with E-state index < -0.39 is 0 Å². The fourth-order valence-electron chi connectivity index (χ4n) is 2.25. The molecule has 90 valence electrons. The van der Waals surface area contributed by atoms with Gasteiger partial charge in [-0.25, -0.2) is 0 Å². The van der Waals surface area contributed by atoms with Crippen LogP contribution in [0.3, 0.4) is 0 Å². The zero-order chi connectivity index (χ0) is 11.5. The molecule has 0 radical (unpaired) electrons. The molecule has 2 nitrogen and oxygen atoms in total. The summed E-state index contributed by atoms with van der Waals surface area (Å²) >= 11 is 7.82. The van der Waals surface area contributed by atoms with Gasteiger partial charge in [0.25, 0.3) is 5.91 Å². The van der Waals surface area contributed by atoms with E-state index in [2.05, 4.69) is 6.92 Å². The first-order valence-corrected chi connectivity index (χ1v) is 7.32. The van der Waals surface area contributed by atoms with Gasteiger partial charge in [-0.2, -0.15) is 0 Å². The average molecular weight is 260 g/mol. The Morgan fingerprint density at radius 2 is 2.12 bits per heavy atom. The summed E-state index contributed by atoms with van der Waals surface area (Å²) in [6, 6.07) is 0. The molecule has 0 saturated carbocycles. The second-order valence-electron chi connectivity index (χ2n) is 4.46. The molecule has 2 rings (SSSR count). The van der Waals surface area contributed by atoms with Crippen LogP contribution in [0.25, 0.3) is 0 Å². The number of piperidine rings is 1. The van der Waals surface area contributed by atoms with Crippen LogP contribution in [0.1, 0.15) is 39.0 Å². The molecule has 2 aliphatic heterocycles. The van der Waals surface area contributed by atoms with Crippen LogP contribution in [0, 0.1) is 0 Å². The number of rotatable bonds is 2. The van der Waals surface area contributed by atoms with E-state index in [1.54, 1.807) is 11.8 Å². The van der Waals surface area contributed by atoms with Crippen molar-refractivity contribution in [3.63, 3.8) is 0 Å². The first-order chi connectivity index (χ1) is 7.72. The number of nitrogens with zero attached hydrogens (tertiary/aromatic N) is 1. The molecule has 0 bridgehead atoms. The minimum absolute atomic E-state index is 0.188. The van der Waals surface area contributed by atoms with Gasteiger partial charge in [0.05, 0.1) is 4.36 Å². The molecule has 1 fully saturated rings. The summed E-state index contributed by atoms with van der Waals surface area (Å²) in [4.78, 5) is 14.2. The van der Waals surface area contributed by atoms with Crippen LogP contribution < -0.4 is 0 Å². The Balaban J connectivity index is 2.01. The van der Waals surface area contributed by atoms with Crippen LogP contribution in [-0.2, 0) is 4.79 Å². The lowest BCUT2D eigenvalue weighted by Crippen LogP contribution is -2.36. The maximum absolute atomic E-state index is 12.2. The van der Waals surface area contributed by atoms with Gasteiger partial charge in [0.15, 0.2) is 0 Å². The Hall–Kier alpha value is -0.150. The van der Waals surface area contributed by atoms with E-state index in [0.29, 0.717) is 5.25 Å². The number of carbonyl (C=O) groups excluding carboxylic acids is 1. The van der Waals surface area contributed by atoms with Crippen molar-refractivity contribution in [3.8, 4) is 0 Å². The summed E-state index contributed by atoms with van der Waals surface area (Å²) in [5, 5.41) is 0.510. The minimum atomic E-state index is 0.188. The average Bonchev–Trinajstić information content (AvgIpc) is 2.71. The fraction of sp³-hybridized carbons (Fsp3) is 0.750. The van der Waals surface area contributed by atoms with Crippen LogP contribution in [-0.4, -0.2) is 29.1 Å². The molecule has 2 heterocycles. The van der Waals surface area contributed by atoms with Crippen molar-refractivity contribution in [2.45, 2.75) is 44.3 Å². The SMILES string of the molecule is CCC1CC(C(=O)N2CCCCC2)=C(Cl)S1. The fourth-order valence-corrected chi connectivity index (χ4v) is 3.81. The number of thioether (sulfide) groups is 1. The number of carbonyl (C=O) groups is 1. The van der Waals surface area contributed by atoms with Gasteiger partial charge < -0.3 is 4.90 Å². The van der Waals surface area contributed by atoms with Gasteiger partial charge >= 0.3 is 0 Å². The molecule has 0 aromatic heterocycles. The third-order valence-corrected chi connectivity index (χ3v) is 5.08. The van der Waals surface area contributed by atoms with Crippen LogP contribution in [0.4, 0.5) is 0 Å². The maximum atomic E-state index is 12.2. The number of amides is 1. The first kappa shape index (κ1) is 12.3. The number of hydrogen-bond acceptors (Lipinski definition) is 2. The van der Waals surface area contributed by atoms with Crippen molar-refractivity contribution < 1.29 is 4.79 Å². The Kier molecular flexibility index (Phi) is 4.20. The van der Waals surface area contributed by atoms with Gasteiger partial charge in [0.1, 0.15) is 0 Å². The summed E-state index contributed by atoms with van der Waals surface area (Å²) < 4.78 is 0.738. The van der Waals surface area contributed by atoms with Gasteiger partial charge in [-0.1, -0.05) is 18.5 Å². The first-order valence-electron chi connectivity index (χ1n) is 6.07. The summed E-state index contributed by atoms with van der Waals surface area (Å²) in [6.45, 7) is 3.97. The highest BCUT2D eigenvalue weighted by Crippen LogP contribution is 2.42. The van der Waals surface area contributed by atoms with Gasteiger partial charge in [0, 0.05) is 23.9 Å². The lowest BCUT2D eigenvalue weighted by Gasteiger charge is -2.27. The van der Waals surface area contributed by atoms with E-state index in [1.807, 2.05) is 4.90 Å². The van der Waals surface area contributed by atoms with Crippen molar-refractivity contribution >= 4 is 29.3 Å². The second-order valence-corrected chi connectivity index (χ2v) is 6.37. The predicted octanol–water partition coefficient (Wildman–Crippen LogP) is 3.36. The third-order valence-electron chi connectivity index (χ3n) is 3.30. The van der Waals surface area contributed by atoms with E-state index in [-0.39, 0.29) is 5.91 Å². The van der Waals surface area contributed by atoms with Gasteiger partial charge in [-0.05, 0) is 32.1 Å². The van der Waals surface area contributed by atoms with Crippen molar-refractivity contribution in [1.29, 1.82) is 0 Å². The Labute approximate surface area is 106 Å². The monoisotopic (exact) mass is 259 g/mol. The van der Waals surface area contributed by atoms with Crippen LogP contribution in [0.15, 0.2) is 9.94 Å². The zero-order valence-corrected chi connectivity index (χ0v) is 11.2. The third kappa shape index (κ3) is 2.57. The smallest absolute Gasteiger partial charge is 0.251 e. The van der Waals surface area contributed by atoms with Crippen molar-refractivity contribution in [3.05, 3.63) is 9.94 Å². The molecule has 1 amide bonds. The normalized spacial score (nSPS) is 26.4. The molecule has 1 atom stereocenters. The summed E-state index contributed by atoms with van der Waals surface area (Å²) in [5.41, 5.74) is 0.861. The minimum Gasteiger partial charge on any atom is -0.339 e. The van der Waals surface area contributed by atoms with E-state index >= 15 is 0 Å². The Morgan fingerprint density at radius 1 is 1.44 bits per heavy atom. The standard InChI is InChI=1S/C12H18ClNOS/c1-2-9-8-10(11(13)16-9)12(15)14-6-4-3-5-7-14/h9H,2-8H2,1H3. The second kappa shape index (κ2) is 5.46. The van der Waals surface area contributed by atoms with Gasteiger partial charge in [-0.15, -0.1) is 11.8 Å². The highest BCUT2D eigenvalue weighted by molar-refractivity contribution is 8.05. The quantitative estimate of drug-likeness (QED) is 0.758. The van der Waals surface area contributed by atoms with Crippen molar-refractivity contribution in [2.24, 2.45) is 0 Å². The van der Waals surface area contributed by atoms with E-state index in [0.717, 1.165) is 48.7 Å². The largest absolute Gasteiger partial charge is 0.339 e. The maximum Gasteiger partial charge on any atom is 0.251 e. The molecular formula is C12H18ClNOS. The lowest BCUT2D eigenvalue weighted by atomic mass is 10.1. The Morgan fingerprint density at radius 3 is 2.69 bits per heavy atom. The number of likely N-dealkylation sites (tertiary alicyclic amines) is 1. The topological polar surface area (TPSA) is 20.3 Å². The van der Waals surface area contributed by atoms with Crippen molar-refractivity contribution in [2.75, 3.05) is 13.1 Å². The molecule has 0 N–H and O–H groups in total. The van der Waals surface area contributed by atoms with E-state index in [4.69, 9.17) is 11.6 Å².